The molecular weight excluding hydrogens is 124 g/mol. The Kier molecular flexibility index (Phi) is 1.37. The van der Waals surface area contributed by atoms with E-state index in [-0.39, 0.29) is 0 Å². The maximum absolute atomic E-state index is 10.4. The van der Waals surface area contributed by atoms with Crippen LogP contribution in [0, 0.1) is 5.92 Å². The van der Waals surface area contributed by atoms with Gasteiger partial charge in [0, 0.05) is 5.92 Å². The molecule has 1 atom stereocenters. The van der Waals surface area contributed by atoms with Crippen LogP contribution in [0.2, 0.25) is 0 Å². The zero-order valence-electron chi connectivity index (χ0n) is 6.10. The van der Waals surface area contributed by atoms with Gasteiger partial charge in [0.2, 0.25) is 0 Å². The van der Waals surface area contributed by atoms with Crippen molar-refractivity contribution in [2.75, 3.05) is 0 Å². The van der Waals surface area contributed by atoms with Crippen LogP contribution in [0.15, 0.2) is 11.1 Å². The second-order valence-corrected chi connectivity index (χ2v) is 3.35. The van der Waals surface area contributed by atoms with Gasteiger partial charge in [0.1, 0.15) is 6.29 Å². The minimum Gasteiger partial charge on any atom is -0.303 e. The smallest absolute Gasteiger partial charge is 0.123 e. The maximum Gasteiger partial charge on any atom is 0.123 e. The molecule has 0 radical (unpaired) electrons. The molecule has 2 aliphatic carbocycles. The fraction of sp³-hybridized carbons (Fsp3) is 0.667. The van der Waals surface area contributed by atoms with E-state index >= 15 is 0 Å². The average Bonchev–Trinajstić information content (AvgIpc) is 1.92. The second-order valence-electron chi connectivity index (χ2n) is 3.35. The summed E-state index contributed by atoms with van der Waals surface area (Å²) < 4.78 is 0. The summed E-state index contributed by atoms with van der Waals surface area (Å²) in [6, 6.07) is 0. The molecule has 0 saturated heterocycles. The van der Waals surface area contributed by atoms with E-state index in [0.717, 1.165) is 19.1 Å². The van der Waals surface area contributed by atoms with Crippen LogP contribution in [0.3, 0.4) is 0 Å². The van der Waals surface area contributed by atoms with Gasteiger partial charge in [-0.2, -0.15) is 0 Å². The summed E-state index contributed by atoms with van der Waals surface area (Å²) in [5.41, 5.74) is 3.27. The molecule has 2 aliphatic rings. The summed E-state index contributed by atoms with van der Waals surface area (Å²) in [6.07, 6.45) is 7.13. The highest BCUT2D eigenvalue weighted by atomic mass is 16.1. The van der Waals surface area contributed by atoms with Crippen LogP contribution in [-0.2, 0) is 4.79 Å². The highest BCUT2D eigenvalue weighted by Crippen LogP contribution is 2.40. The molecule has 0 aromatic rings. The largest absolute Gasteiger partial charge is 0.303 e. The normalized spacial score (nSPS) is 31.0. The van der Waals surface area contributed by atoms with Crippen LogP contribution in [0.4, 0.5) is 0 Å². The molecule has 54 valence electrons. The lowest BCUT2D eigenvalue weighted by Gasteiger charge is -2.31. The zero-order chi connectivity index (χ0) is 6.97. The Morgan fingerprint density at radius 3 is 2.50 bits per heavy atom. The van der Waals surface area contributed by atoms with Gasteiger partial charge in [-0.15, -0.1) is 0 Å². The van der Waals surface area contributed by atoms with Crippen LogP contribution in [0.1, 0.15) is 32.1 Å². The van der Waals surface area contributed by atoms with Crippen molar-refractivity contribution in [2.24, 2.45) is 5.92 Å². The highest BCUT2D eigenvalue weighted by Gasteiger charge is 2.25. The van der Waals surface area contributed by atoms with Gasteiger partial charge in [0.25, 0.3) is 0 Å². The topological polar surface area (TPSA) is 17.1 Å². The minimum atomic E-state index is 0.360. The van der Waals surface area contributed by atoms with Crippen molar-refractivity contribution >= 4 is 6.29 Å². The lowest BCUT2D eigenvalue weighted by atomic mass is 9.74. The number of rotatable bonds is 1. The van der Waals surface area contributed by atoms with Gasteiger partial charge in [-0.1, -0.05) is 11.1 Å². The molecule has 0 spiro atoms. The molecule has 0 bridgehead atoms. The zero-order valence-corrected chi connectivity index (χ0v) is 6.10. The summed E-state index contributed by atoms with van der Waals surface area (Å²) >= 11 is 0. The molecule has 1 nitrogen and oxygen atoms in total. The lowest BCUT2D eigenvalue weighted by Crippen LogP contribution is -2.17. The number of carbonyl (C=O) groups excluding carboxylic acids is 1. The van der Waals surface area contributed by atoms with E-state index in [2.05, 4.69) is 0 Å². The number of allylic oxidation sites excluding steroid dienone is 2. The monoisotopic (exact) mass is 136 g/mol. The Hall–Kier alpha value is -0.590. The fourth-order valence-corrected chi connectivity index (χ4v) is 1.92. The second kappa shape index (κ2) is 2.22. The quantitative estimate of drug-likeness (QED) is 0.398. The van der Waals surface area contributed by atoms with E-state index in [0.29, 0.717) is 5.92 Å². The summed E-state index contributed by atoms with van der Waals surface area (Å²) in [4.78, 5) is 10.4. The Morgan fingerprint density at radius 1 is 1.20 bits per heavy atom. The molecule has 10 heavy (non-hydrogen) atoms. The first-order chi connectivity index (χ1) is 4.90. The van der Waals surface area contributed by atoms with Crippen molar-refractivity contribution in [3.63, 3.8) is 0 Å². The van der Waals surface area contributed by atoms with Gasteiger partial charge in [0.05, 0.1) is 0 Å². The molecule has 0 saturated carbocycles. The molecule has 0 amide bonds. The average molecular weight is 136 g/mol. The first-order valence-electron chi connectivity index (χ1n) is 4.05. The van der Waals surface area contributed by atoms with Crippen LogP contribution >= 0.6 is 0 Å². The van der Waals surface area contributed by atoms with Gasteiger partial charge in [-0.3, -0.25) is 0 Å². The molecule has 0 heterocycles. The Labute approximate surface area is 61.1 Å². The van der Waals surface area contributed by atoms with Crippen molar-refractivity contribution in [3.05, 3.63) is 11.1 Å². The third kappa shape index (κ3) is 0.808. The predicted octanol–water partition coefficient (Wildman–Crippen LogP) is 2.08. The molecule has 0 N–H and O–H groups in total. The van der Waals surface area contributed by atoms with Crippen molar-refractivity contribution in [2.45, 2.75) is 32.1 Å². The number of aldehydes is 1. The first-order valence-corrected chi connectivity index (χ1v) is 4.05. The summed E-state index contributed by atoms with van der Waals surface area (Å²) in [6.45, 7) is 0. The first kappa shape index (κ1) is 6.14. The van der Waals surface area contributed by atoms with E-state index in [4.69, 9.17) is 0 Å². The Bertz CT molecular complexity index is 191. The third-order valence-corrected chi connectivity index (χ3v) is 2.75. The van der Waals surface area contributed by atoms with Crippen molar-refractivity contribution in [3.8, 4) is 0 Å². The Morgan fingerprint density at radius 2 is 2.00 bits per heavy atom. The van der Waals surface area contributed by atoms with Crippen molar-refractivity contribution < 1.29 is 4.79 Å². The molecular formula is C9H12O. The predicted molar refractivity (Wildman–Crippen MR) is 39.7 cm³/mol. The molecule has 1 unspecified atom stereocenters. The van der Waals surface area contributed by atoms with Gasteiger partial charge < -0.3 is 4.79 Å². The van der Waals surface area contributed by atoms with Gasteiger partial charge in [-0.25, -0.2) is 0 Å². The minimum absolute atomic E-state index is 0.360. The number of hydrogen-bond donors (Lipinski definition) is 0. The summed E-state index contributed by atoms with van der Waals surface area (Å²) in [7, 11) is 0. The Balaban J connectivity index is 2.09. The van der Waals surface area contributed by atoms with Crippen LogP contribution < -0.4 is 0 Å². The fourth-order valence-electron chi connectivity index (χ4n) is 1.92. The standard InChI is InChI=1S/C9H12O/c10-6-7-1-2-8-3-4-9(8)5-7/h6-7H,1-5H2. The van der Waals surface area contributed by atoms with Crippen molar-refractivity contribution in [1.29, 1.82) is 0 Å². The van der Waals surface area contributed by atoms with E-state index in [9.17, 15) is 4.79 Å². The van der Waals surface area contributed by atoms with Crippen molar-refractivity contribution in [1.82, 2.24) is 0 Å². The van der Waals surface area contributed by atoms with Crippen LogP contribution in [-0.4, -0.2) is 6.29 Å². The van der Waals surface area contributed by atoms with E-state index in [1.807, 2.05) is 0 Å². The van der Waals surface area contributed by atoms with E-state index < -0.39 is 0 Å². The van der Waals surface area contributed by atoms with Crippen LogP contribution in [0.5, 0.6) is 0 Å². The molecule has 0 fully saturated rings. The lowest BCUT2D eigenvalue weighted by molar-refractivity contribution is -0.111. The molecule has 0 aliphatic heterocycles. The third-order valence-electron chi connectivity index (χ3n) is 2.75. The molecule has 0 aromatic heterocycles. The van der Waals surface area contributed by atoms with Crippen LogP contribution in [0.25, 0.3) is 0 Å². The summed E-state index contributed by atoms with van der Waals surface area (Å²) in [5.74, 6) is 0.360. The SMILES string of the molecule is O=CC1CCC2=C(CC2)C1. The van der Waals surface area contributed by atoms with Gasteiger partial charge in [-0.05, 0) is 32.1 Å². The number of hydrogen-bond acceptors (Lipinski definition) is 1. The van der Waals surface area contributed by atoms with Gasteiger partial charge >= 0.3 is 0 Å². The summed E-state index contributed by atoms with van der Waals surface area (Å²) in [5, 5.41) is 0. The van der Waals surface area contributed by atoms with E-state index in [1.165, 1.54) is 19.3 Å². The van der Waals surface area contributed by atoms with E-state index in [1.54, 1.807) is 11.1 Å². The molecule has 1 heteroatoms. The highest BCUT2D eigenvalue weighted by molar-refractivity contribution is 5.55. The molecule has 0 aromatic carbocycles. The molecule has 2 rings (SSSR count). The van der Waals surface area contributed by atoms with Gasteiger partial charge in [0.15, 0.2) is 0 Å². The number of carbonyl (C=O) groups is 1. The maximum atomic E-state index is 10.4.